The number of amides is 2. The van der Waals surface area contributed by atoms with E-state index in [1.807, 2.05) is 17.0 Å². The number of carbonyl (C=O) groups excluding carboxylic acids is 2. The van der Waals surface area contributed by atoms with Crippen molar-refractivity contribution < 1.29 is 9.59 Å². The summed E-state index contributed by atoms with van der Waals surface area (Å²) in [6.07, 6.45) is 11.8. The lowest BCUT2D eigenvalue weighted by atomic mass is 10.1. The number of hydrogen-bond donors (Lipinski definition) is 1. The first kappa shape index (κ1) is 18.6. The molecule has 2 fully saturated rings. The summed E-state index contributed by atoms with van der Waals surface area (Å²) in [5, 5.41) is 11.2. The first-order valence-electron chi connectivity index (χ1n) is 10.1. The van der Waals surface area contributed by atoms with Crippen LogP contribution in [0.2, 0.25) is 0 Å². The summed E-state index contributed by atoms with van der Waals surface area (Å²) in [5.74, 6) is -0.0387. The number of aromatic nitrogens is 4. The Morgan fingerprint density at radius 1 is 1.11 bits per heavy atom. The van der Waals surface area contributed by atoms with Gasteiger partial charge in [-0.25, -0.2) is 4.68 Å². The fourth-order valence-corrected chi connectivity index (χ4v) is 4.17. The highest BCUT2D eigenvalue weighted by atomic mass is 16.2. The molecule has 2 aromatic rings. The second kappa shape index (κ2) is 8.50. The van der Waals surface area contributed by atoms with Crippen LogP contribution in [0.5, 0.6) is 0 Å². The van der Waals surface area contributed by atoms with Crippen molar-refractivity contribution in [3.63, 3.8) is 0 Å². The molecule has 8 heteroatoms. The van der Waals surface area contributed by atoms with Gasteiger partial charge in [-0.3, -0.25) is 14.6 Å². The van der Waals surface area contributed by atoms with E-state index in [4.69, 9.17) is 0 Å². The molecule has 0 aromatic carbocycles. The second-order valence-electron chi connectivity index (χ2n) is 7.70. The van der Waals surface area contributed by atoms with E-state index in [0.717, 1.165) is 37.8 Å². The van der Waals surface area contributed by atoms with Crippen molar-refractivity contribution in [1.82, 2.24) is 30.2 Å². The first-order chi connectivity index (χ1) is 13.7. The summed E-state index contributed by atoms with van der Waals surface area (Å²) in [6, 6.07) is 4.08. The van der Waals surface area contributed by atoms with Crippen LogP contribution in [-0.2, 0) is 17.8 Å². The summed E-state index contributed by atoms with van der Waals surface area (Å²) in [7, 11) is 0. The maximum Gasteiger partial charge on any atom is 0.273 e. The van der Waals surface area contributed by atoms with Crippen LogP contribution in [0, 0.1) is 0 Å². The van der Waals surface area contributed by atoms with Crippen LogP contribution in [0.4, 0.5) is 0 Å². The quantitative estimate of drug-likeness (QED) is 0.819. The van der Waals surface area contributed by atoms with Crippen molar-refractivity contribution in [3.8, 4) is 0 Å². The van der Waals surface area contributed by atoms with Gasteiger partial charge >= 0.3 is 0 Å². The third kappa shape index (κ3) is 4.37. The van der Waals surface area contributed by atoms with Crippen LogP contribution in [0.3, 0.4) is 0 Å². The maximum atomic E-state index is 12.7. The minimum atomic E-state index is -0.157. The van der Waals surface area contributed by atoms with Gasteiger partial charge in [-0.2, -0.15) is 0 Å². The molecule has 1 saturated heterocycles. The molecule has 1 aliphatic carbocycles. The number of nitrogens with one attached hydrogen (secondary N) is 1. The Hall–Kier alpha value is -2.77. The van der Waals surface area contributed by atoms with E-state index < -0.39 is 0 Å². The molecule has 1 atom stereocenters. The topological polar surface area (TPSA) is 93.0 Å². The van der Waals surface area contributed by atoms with Crippen molar-refractivity contribution in [2.45, 2.75) is 63.6 Å². The molecule has 2 aromatic heterocycles. The molecule has 0 bridgehead atoms. The number of hydrogen-bond acceptors (Lipinski definition) is 5. The Kier molecular flexibility index (Phi) is 5.64. The van der Waals surface area contributed by atoms with Gasteiger partial charge in [0, 0.05) is 25.0 Å². The molecule has 0 radical (unpaired) electrons. The zero-order valence-electron chi connectivity index (χ0n) is 16.0. The van der Waals surface area contributed by atoms with E-state index in [0.29, 0.717) is 18.7 Å². The number of likely N-dealkylation sites (tertiary alicyclic amines) is 1. The number of rotatable bonds is 6. The fraction of sp³-hybridized carbons (Fsp3) is 0.550. The van der Waals surface area contributed by atoms with Gasteiger partial charge < -0.3 is 10.2 Å². The molecule has 1 aliphatic heterocycles. The van der Waals surface area contributed by atoms with Gasteiger partial charge in [0.1, 0.15) is 0 Å². The van der Waals surface area contributed by atoms with E-state index >= 15 is 0 Å². The van der Waals surface area contributed by atoms with E-state index in [-0.39, 0.29) is 23.9 Å². The number of pyridine rings is 1. The molecule has 2 amide bonds. The van der Waals surface area contributed by atoms with Crippen LogP contribution >= 0.6 is 0 Å². The monoisotopic (exact) mass is 382 g/mol. The highest BCUT2D eigenvalue weighted by Crippen LogP contribution is 2.21. The summed E-state index contributed by atoms with van der Waals surface area (Å²) < 4.78 is 1.69. The first-order valence-corrected chi connectivity index (χ1v) is 10.1. The zero-order valence-corrected chi connectivity index (χ0v) is 16.0. The van der Waals surface area contributed by atoms with E-state index in [9.17, 15) is 9.59 Å². The maximum absolute atomic E-state index is 12.7. The highest BCUT2D eigenvalue weighted by molar-refractivity contribution is 5.92. The van der Waals surface area contributed by atoms with Gasteiger partial charge in [0.15, 0.2) is 5.69 Å². The molecule has 4 rings (SSSR count). The minimum Gasteiger partial charge on any atom is -0.348 e. The molecule has 28 heavy (non-hydrogen) atoms. The number of nitrogens with zero attached hydrogens (tertiary/aromatic N) is 5. The summed E-state index contributed by atoms with van der Waals surface area (Å²) in [6.45, 7) is 1.32. The third-order valence-corrected chi connectivity index (χ3v) is 5.66. The smallest absolute Gasteiger partial charge is 0.273 e. The number of carbonyl (C=O) groups is 2. The van der Waals surface area contributed by atoms with Crippen molar-refractivity contribution in [3.05, 3.63) is 42.0 Å². The van der Waals surface area contributed by atoms with Crippen molar-refractivity contribution in [2.75, 3.05) is 6.54 Å². The van der Waals surface area contributed by atoms with E-state index in [1.54, 1.807) is 23.3 Å². The average molecular weight is 382 g/mol. The van der Waals surface area contributed by atoms with Crippen molar-refractivity contribution >= 4 is 11.8 Å². The van der Waals surface area contributed by atoms with Gasteiger partial charge in [0.2, 0.25) is 5.91 Å². The fourth-order valence-electron chi connectivity index (χ4n) is 4.17. The molecular formula is C20H26N6O2. The molecule has 8 nitrogen and oxygen atoms in total. The van der Waals surface area contributed by atoms with Gasteiger partial charge in [-0.05, 0) is 43.4 Å². The lowest BCUT2D eigenvalue weighted by Gasteiger charge is -2.24. The molecule has 0 unspecified atom stereocenters. The van der Waals surface area contributed by atoms with Gasteiger partial charge in [0.25, 0.3) is 5.91 Å². The Labute approximate surface area is 164 Å². The summed E-state index contributed by atoms with van der Waals surface area (Å²) in [5.41, 5.74) is 1.32. The van der Waals surface area contributed by atoms with Crippen molar-refractivity contribution in [2.24, 2.45) is 0 Å². The molecule has 3 heterocycles. The van der Waals surface area contributed by atoms with Crippen LogP contribution in [-0.4, -0.2) is 55.3 Å². The molecule has 2 aliphatic rings. The van der Waals surface area contributed by atoms with Crippen molar-refractivity contribution in [1.29, 1.82) is 0 Å². The van der Waals surface area contributed by atoms with Crippen LogP contribution < -0.4 is 5.32 Å². The van der Waals surface area contributed by atoms with E-state index in [2.05, 4.69) is 20.6 Å². The summed E-state index contributed by atoms with van der Waals surface area (Å²) in [4.78, 5) is 31.0. The SMILES string of the molecule is O=C(NC1CCCC1)c1cn(C[C@@H]2CCCN2C(=O)Cc2ccncc2)nn1. The average Bonchev–Trinajstić information content (AvgIpc) is 3.45. The highest BCUT2D eigenvalue weighted by Gasteiger charge is 2.29. The van der Waals surface area contributed by atoms with Gasteiger partial charge in [0.05, 0.1) is 25.2 Å². The van der Waals surface area contributed by atoms with Gasteiger partial charge in [-0.1, -0.05) is 18.1 Å². The molecule has 1 saturated carbocycles. The lowest BCUT2D eigenvalue weighted by molar-refractivity contribution is -0.131. The predicted molar refractivity (Wildman–Crippen MR) is 102 cm³/mol. The molecule has 0 spiro atoms. The predicted octanol–water partition coefficient (Wildman–Crippen LogP) is 1.58. The largest absolute Gasteiger partial charge is 0.348 e. The van der Waals surface area contributed by atoms with Gasteiger partial charge in [-0.15, -0.1) is 5.10 Å². The normalized spacial score (nSPS) is 19.9. The van der Waals surface area contributed by atoms with Crippen LogP contribution in [0.25, 0.3) is 0 Å². The van der Waals surface area contributed by atoms with Crippen LogP contribution in [0.15, 0.2) is 30.7 Å². The Balaban J connectivity index is 1.34. The minimum absolute atomic E-state index is 0.0850. The Bertz CT molecular complexity index is 815. The third-order valence-electron chi connectivity index (χ3n) is 5.66. The molecular weight excluding hydrogens is 356 g/mol. The van der Waals surface area contributed by atoms with E-state index in [1.165, 1.54) is 12.8 Å². The Morgan fingerprint density at radius 3 is 2.68 bits per heavy atom. The Morgan fingerprint density at radius 2 is 1.89 bits per heavy atom. The molecule has 1 N–H and O–H groups in total. The zero-order chi connectivity index (χ0) is 19.3. The molecule has 148 valence electrons. The lowest BCUT2D eigenvalue weighted by Crippen LogP contribution is -2.39. The standard InChI is InChI=1S/C20H26N6O2/c27-19(12-15-7-9-21-10-8-15)26-11-3-6-17(26)13-25-14-18(23-24-25)20(28)22-16-4-1-2-5-16/h7-10,14,16-17H,1-6,11-13H2,(H,22,28)/t17-/m0/s1. The second-order valence-corrected chi connectivity index (χ2v) is 7.70. The summed E-state index contributed by atoms with van der Waals surface area (Å²) >= 11 is 0. The van der Waals surface area contributed by atoms with Crippen LogP contribution in [0.1, 0.15) is 54.6 Å².